The molecular formula is C12H10ClNO2. The van der Waals surface area contributed by atoms with Gasteiger partial charge >= 0.3 is 0 Å². The van der Waals surface area contributed by atoms with Gasteiger partial charge in [0, 0.05) is 24.4 Å². The lowest BCUT2D eigenvalue weighted by Gasteiger charge is -2.06. The Morgan fingerprint density at radius 2 is 1.75 bits per heavy atom. The average Bonchev–Trinajstić information content (AvgIpc) is 2.25. The molecule has 1 aliphatic rings. The van der Waals surface area contributed by atoms with E-state index >= 15 is 0 Å². The normalized spacial score (nSPS) is 14.4. The van der Waals surface area contributed by atoms with Gasteiger partial charge in [0.05, 0.1) is 0 Å². The van der Waals surface area contributed by atoms with Crippen LogP contribution in [0.4, 0.5) is 0 Å². The second-order valence-corrected chi connectivity index (χ2v) is 3.30. The number of aromatic nitrogens is 1. The Kier molecular flexibility index (Phi) is 4.14. The fourth-order valence-electron chi connectivity index (χ4n) is 1.41. The lowest BCUT2D eigenvalue weighted by atomic mass is 9.97. The molecule has 0 amide bonds. The molecule has 16 heavy (non-hydrogen) atoms. The predicted molar refractivity (Wildman–Crippen MR) is 62.4 cm³/mol. The van der Waals surface area contributed by atoms with E-state index in [1.165, 1.54) is 18.2 Å². The molecule has 4 heteroatoms. The predicted octanol–water partition coefficient (Wildman–Crippen LogP) is 1.68. The molecule has 3 nitrogen and oxygen atoms in total. The first-order valence-corrected chi connectivity index (χ1v) is 4.61. The van der Waals surface area contributed by atoms with Crippen LogP contribution in [0.15, 0.2) is 48.3 Å². The number of hydrogen-bond acceptors (Lipinski definition) is 3. The minimum absolute atomic E-state index is 0. The highest BCUT2D eigenvalue weighted by molar-refractivity contribution is 6.17. The molecule has 0 bridgehead atoms. The number of carbonyl (C=O) groups excluding carboxylic acids is 2. The fourth-order valence-corrected chi connectivity index (χ4v) is 1.41. The van der Waals surface area contributed by atoms with Gasteiger partial charge in [-0.15, -0.1) is 12.4 Å². The molecule has 1 aromatic heterocycles. The maximum atomic E-state index is 11.4. The highest BCUT2D eigenvalue weighted by Gasteiger charge is 2.13. The van der Waals surface area contributed by atoms with Crippen molar-refractivity contribution in [1.82, 2.24) is 4.98 Å². The number of nitrogens with zero attached hydrogens (tertiary/aromatic N) is 1. The van der Waals surface area contributed by atoms with Crippen LogP contribution >= 0.6 is 12.4 Å². The van der Waals surface area contributed by atoms with Gasteiger partial charge in [-0.25, -0.2) is 0 Å². The van der Waals surface area contributed by atoms with Crippen molar-refractivity contribution in [3.05, 3.63) is 53.9 Å². The van der Waals surface area contributed by atoms with E-state index < -0.39 is 0 Å². The van der Waals surface area contributed by atoms with Gasteiger partial charge in [0.25, 0.3) is 0 Å². The van der Waals surface area contributed by atoms with Crippen LogP contribution in [0.5, 0.6) is 0 Å². The van der Waals surface area contributed by atoms with Crippen LogP contribution in [0.3, 0.4) is 0 Å². The van der Waals surface area contributed by atoms with E-state index in [0.29, 0.717) is 12.0 Å². The molecule has 1 heterocycles. The van der Waals surface area contributed by atoms with Crippen LogP contribution in [0.25, 0.3) is 0 Å². The quantitative estimate of drug-likeness (QED) is 0.733. The first-order valence-electron chi connectivity index (χ1n) is 4.61. The van der Waals surface area contributed by atoms with Gasteiger partial charge in [-0.3, -0.25) is 14.6 Å². The van der Waals surface area contributed by atoms with Crippen LogP contribution in [-0.4, -0.2) is 16.6 Å². The van der Waals surface area contributed by atoms with E-state index in [1.807, 2.05) is 12.1 Å². The van der Waals surface area contributed by atoms with Gasteiger partial charge in [0.1, 0.15) is 0 Å². The molecule has 0 aliphatic heterocycles. The van der Waals surface area contributed by atoms with E-state index in [9.17, 15) is 9.59 Å². The van der Waals surface area contributed by atoms with Crippen LogP contribution in [0.1, 0.15) is 5.56 Å². The van der Waals surface area contributed by atoms with Gasteiger partial charge in [-0.05, 0) is 35.9 Å². The van der Waals surface area contributed by atoms with Gasteiger partial charge < -0.3 is 0 Å². The molecular weight excluding hydrogens is 226 g/mol. The molecule has 0 unspecified atom stereocenters. The van der Waals surface area contributed by atoms with Gasteiger partial charge in [-0.2, -0.15) is 0 Å². The van der Waals surface area contributed by atoms with E-state index in [2.05, 4.69) is 4.98 Å². The van der Waals surface area contributed by atoms with Gasteiger partial charge in [0.2, 0.25) is 0 Å². The van der Waals surface area contributed by atoms with E-state index in [1.54, 1.807) is 12.4 Å². The zero-order valence-electron chi connectivity index (χ0n) is 8.42. The number of hydrogen-bond donors (Lipinski definition) is 0. The topological polar surface area (TPSA) is 47.0 Å². The zero-order chi connectivity index (χ0) is 10.7. The highest BCUT2D eigenvalue weighted by Crippen LogP contribution is 2.12. The SMILES string of the molecule is Cl.O=C1C=CC(=O)C(Cc2ccncc2)=C1. The third-order valence-corrected chi connectivity index (χ3v) is 2.18. The molecule has 0 saturated heterocycles. The number of carbonyl (C=O) groups is 2. The summed E-state index contributed by atoms with van der Waals surface area (Å²) in [6, 6.07) is 3.66. The van der Waals surface area contributed by atoms with Crippen molar-refractivity contribution < 1.29 is 9.59 Å². The van der Waals surface area contributed by atoms with E-state index in [-0.39, 0.29) is 24.0 Å². The molecule has 2 rings (SSSR count). The smallest absolute Gasteiger partial charge is 0.182 e. The minimum Gasteiger partial charge on any atom is -0.290 e. The summed E-state index contributed by atoms with van der Waals surface area (Å²) in [5.41, 5.74) is 1.52. The lowest BCUT2D eigenvalue weighted by molar-refractivity contribution is -0.114. The lowest BCUT2D eigenvalue weighted by Crippen LogP contribution is -2.09. The maximum Gasteiger partial charge on any atom is 0.182 e. The Hall–Kier alpha value is -1.74. The Bertz CT molecular complexity index is 463. The van der Waals surface area contributed by atoms with Crippen molar-refractivity contribution >= 4 is 24.0 Å². The maximum absolute atomic E-state index is 11.4. The number of ketones is 2. The average molecular weight is 236 g/mol. The standard InChI is InChI=1S/C12H9NO2.ClH/c14-11-1-2-12(15)10(8-11)7-9-3-5-13-6-4-9;/h1-6,8H,7H2;1H. The summed E-state index contributed by atoms with van der Waals surface area (Å²) in [6.45, 7) is 0. The molecule has 1 aliphatic carbocycles. The van der Waals surface area contributed by atoms with Crippen LogP contribution in [0.2, 0.25) is 0 Å². The van der Waals surface area contributed by atoms with Crippen molar-refractivity contribution in [2.24, 2.45) is 0 Å². The molecule has 0 fully saturated rings. The largest absolute Gasteiger partial charge is 0.290 e. The Labute approximate surface area is 99.3 Å². The van der Waals surface area contributed by atoms with Gasteiger partial charge in [0.15, 0.2) is 11.6 Å². The van der Waals surface area contributed by atoms with E-state index in [0.717, 1.165) is 5.56 Å². The Morgan fingerprint density at radius 3 is 2.44 bits per heavy atom. The summed E-state index contributed by atoms with van der Waals surface area (Å²) < 4.78 is 0. The van der Waals surface area contributed by atoms with Crippen molar-refractivity contribution in [1.29, 1.82) is 0 Å². The minimum atomic E-state index is -0.126. The van der Waals surface area contributed by atoms with Crippen molar-refractivity contribution in [3.8, 4) is 0 Å². The van der Waals surface area contributed by atoms with Crippen molar-refractivity contribution in [2.45, 2.75) is 6.42 Å². The second kappa shape index (κ2) is 5.37. The fraction of sp³-hybridized carbons (Fsp3) is 0.0833. The van der Waals surface area contributed by atoms with E-state index in [4.69, 9.17) is 0 Å². The molecule has 1 aromatic rings. The van der Waals surface area contributed by atoms with Crippen LogP contribution in [0, 0.1) is 0 Å². The van der Waals surface area contributed by atoms with Crippen LogP contribution < -0.4 is 0 Å². The molecule has 0 spiro atoms. The summed E-state index contributed by atoms with van der Waals surface area (Å²) in [5, 5.41) is 0. The molecule has 0 radical (unpaired) electrons. The van der Waals surface area contributed by atoms with Gasteiger partial charge in [-0.1, -0.05) is 0 Å². The highest BCUT2D eigenvalue weighted by atomic mass is 35.5. The third kappa shape index (κ3) is 2.87. The Balaban J connectivity index is 0.00000128. The number of rotatable bonds is 2. The summed E-state index contributed by atoms with van der Waals surface area (Å²) in [6.07, 6.45) is 7.82. The number of halogens is 1. The Morgan fingerprint density at radius 1 is 1.06 bits per heavy atom. The molecule has 0 saturated carbocycles. The molecule has 82 valence electrons. The molecule has 0 N–H and O–H groups in total. The van der Waals surface area contributed by atoms with Crippen LogP contribution in [-0.2, 0) is 16.0 Å². The first kappa shape index (κ1) is 12.3. The summed E-state index contributed by atoms with van der Waals surface area (Å²) in [7, 11) is 0. The summed E-state index contributed by atoms with van der Waals surface area (Å²) >= 11 is 0. The van der Waals surface area contributed by atoms with Crippen molar-refractivity contribution in [2.75, 3.05) is 0 Å². The monoisotopic (exact) mass is 235 g/mol. The second-order valence-electron chi connectivity index (χ2n) is 3.30. The van der Waals surface area contributed by atoms with Crippen molar-refractivity contribution in [3.63, 3.8) is 0 Å². The summed E-state index contributed by atoms with van der Waals surface area (Å²) in [4.78, 5) is 26.4. The summed E-state index contributed by atoms with van der Waals surface area (Å²) in [5.74, 6) is -0.218. The molecule has 0 aromatic carbocycles. The molecule has 0 atom stereocenters. The number of allylic oxidation sites excluding steroid dienone is 4. The number of pyridine rings is 1. The third-order valence-electron chi connectivity index (χ3n) is 2.18. The zero-order valence-corrected chi connectivity index (χ0v) is 9.24. The first-order chi connectivity index (χ1) is 7.25.